The van der Waals surface area contributed by atoms with Gasteiger partial charge in [-0.25, -0.2) is 8.42 Å². The summed E-state index contributed by atoms with van der Waals surface area (Å²) in [6.07, 6.45) is 7.02. The maximum atomic E-state index is 12.3. The van der Waals surface area contributed by atoms with Crippen molar-refractivity contribution >= 4 is 9.84 Å². The van der Waals surface area contributed by atoms with Crippen LogP contribution in [-0.4, -0.2) is 30.9 Å². The van der Waals surface area contributed by atoms with Gasteiger partial charge in [0.2, 0.25) is 0 Å². The Bertz CT molecular complexity index is 487. The van der Waals surface area contributed by atoms with E-state index in [2.05, 4.69) is 17.2 Å². The average Bonchev–Trinajstić information content (AvgIpc) is 2.42. The lowest BCUT2D eigenvalue weighted by molar-refractivity contribution is 0.446. The summed E-state index contributed by atoms with van der Waals surface area (Å²) in [6, 6.07) is 3.70. The highest BCUT2D eigenvalue weighted by Gasteiger charge is 2.36. The Morgan fingerprint density at radius 1 is 1.47 bits per heavy atom. The molecular weight excluding hydrogens is 260 g/mol. The number of sulfone groups is 1. The lowest BCUT2D eigenvalue weighted by Crippen LogP contribution is -2.40. The van der Waals surface area contributed by atoms with Crippen LogP contribution < -0.4 is 5.32 Å². The molecule has 1 aromatic heterocycles. The smallest absolute Gasteiger partial charge is 0.155 e. The first-order valence-corrected chi connectivity index (χ1v) is 8.71. The van der Waals surface area contributed by atoms with Crippen molar-refractivity contribution in [3.05, 3.63) is 30.1 Å². The number of nitrogens with zero attached hydrogens (tertiary/aromatic N) is 1. The van der Waals surface area contributed by atoms with Gasteiger partial charge in [0, 0.05) is 12.4 Å². The van der Waals surface area contributed by atoms with E-state index in [-0.39, 0.29) is 11.3 Å². The van der Waals surface area contributed by atoms with Gasteiger partial charge in [-0.05, 0) is 37.4 Å². The zero-order valence-corrected chi connectivity index (χ0v) is 12.2. The molecule has 0 aliphatic carbocycles. The Balaban J connectivity index is 2.27. The molecule has 1 aromatic rings. The van der Waals surface area contributed by atoms with Gasteiger partial charge in [0.05, 0.1) is 17.0 Å². The van der Waals surface area contributed by atoms with E-state index in [1.807, 2.05) is 12.1 Å². The Morgan fingerprint density at radius 2 is 2.32 bits per heavy atom. The highest BCUT2D eigenvalue weighted by atomic mass is 32.2. The van der Waals surface area contributed by atoms with E-state index in [1.165, 1.54) is 0 Å². The molecule has 0 spiro atoms. The molecule has 1 N–H and O–H groups in total. The lowest BCUT2D eigenvalue weighted by Gasteiger charge is -2.31. The number of aromatic nitrogens is 1. The van der Waals surface area contributed by atoms with Gasteiger partial charge in [0.1, 0.15) is 0 Å². The van der Waals surface area contributed by atoms with E-state index in [0.29, 0.717) is 5.75 Å². The summed E-state index contributed by atoms with van der Waals surface area (Å²) in [4.78, 5) is 4.12. The van der Waals surface area contributed by atoms with Crippen LogP contribution >= 0.6 is 0 Å². The molecule has 0 saturated carbocycles. The van der Waals surface area contributed by atoms with Crippen molar-refractivity contribution in [1.82, 2.24) is 10.3 Å². The van der Waals surface area contributed by atoms with Crippen molar-refractivity contribution < 1.29 is 8.42 Å². The third-order valence-corrected chi connectivity index (χ3v) is 5.95. The molecule has 1 saturated heterocycles. The molecule has 1 fully saturated rings. The summed E-state index contributed by atoms with van der Waals surface area (Å²) >= 11 is 0. The Labute approximate surface area is 115 Å². The van der Waals surface area contributed by atoms with Crippen LogP contribution in [0.5, 0.6) is 0 Å². The van der Waals surface area contributed by atoms with Gasteiger partial charge in [-0.2, -0.15) is 0 Å². The first kappa shape index (κ1) is 14.5. The molecule has 0 amide bonds. The highest BCUT2D eigenvalue weighted by Crippen LogP contribution is 2.30. The lowest BCUT2D eigenvalue weighted by atomic mass is 10.0. The van der Waals surface area contributed by atoms with Gasteiger partial charge in [0.25, 0.3) is 0 Å². The molecule has 19 heavy (non-hydrogen) atoms. The molecule has 2 heterocycles. The number of nitrogens with one attached hydrogen (secondary N) is 1. The zero-order valence-electron chi connectivity index (χ0n) is 11.4. The van der Waals surface area contributed by atoms with Gasteiger partial charge in [0.15, 0.2) is 9.84 Å². The summed E-state index contributed by atoms with van der Waals surface area (Å²) in [5, 5.41) is 3.08. The molecule has 0 radical (unpaired) electrons. The largest absolute Gasteiger partial charge is 0.309 e. The van der Waals surface area contributed by atoms with Crippen LogP contribution in [0.2, 0.25) is 0 Å². The monoisotopic (exact) mass is 282 g/mol. The van der Waals surface area contributed by atoms with Crippen LogP contribution in [0, 0.1) is 0 Å². The highest BCUT2D eigenvalue weighted by molar-refractivity contribution is 7.92. The minimum absolute atomic E-state index is 0.126. The Morgan fingerprint density at radius 3 is 2.95 bits per heavy atom. The molecule has 5 heteroatoms. The van der Waals surface area contributed by atoms with Crippen LogP contribution in [0.25, 0.3) is 0 Å². The van der Waals surface area contributed by atoms with Crippen LogP contribution in [0.15, 0.2) is 24.5 Å². The second-order valence-corrected chi connectivity index (χ2v) is 7.46. The Hall–Kier alpha value is -0.940. The summed E-state index contributed by atoms with van der Waals surface area (Å²) in [5.41, 5.74) is 0.978. The molecule has 2 atom stereocenters. The standard InChI is InChI=1S/C14H22N2O2S/c1-2-8-16-14(12-6-5-9-15-11-12)13-7-3-4-10-19(13,17)18/h5-6,9,11,13-14,16H,2-4,7-8,10H2,1H3. The molecule has 106 valence electrons. The van der Waals surface area contributed by atoms with Crippen molar-refractivity contribution in [3.8, 4) is 0 Å². The normalized spacial score (nSPS) is 23.9. The number of hydrogen-bond acceptors (Lipinski definition) is 4. The van der Waals surface area contributed by atoms with Gasteiger partial charge in [-0.1, -0.05) is 19.4 Å². The van der Waals surface area contributed by atoms with Crippen molar-refractivity contribution in [2.45, 2.75) is 43.9 Å². The third kappa shape index (κ3) is 3.54. The molecule has 0 aromatic carbocycles. The fourth-order valence-electron chi connectivity index (χ4n) is 2.68. The SMILES string of the molecule is CCCNC(c1cccnc1)C1CCCCS1(=O)=O. The van der Waals surface area contributed by atoms with Crippen molar-refractivity contribution in [2.24, 2.45) is 0 Å². The second kappa shape index (κ2) is 6.48. The fraction of sp³-hybridized carbons (Fsp3) is 0.643. The predicted octanol–water partition coefficient (Wildman–Crippen LogP) is 2.09. The van der Waals surface area contributed by atoms with Crippen LogP contribution in [0.3, 0.4) is 0 Å². The summed E-state index contributed by atoms with van der Waals surface area (Å²) in [7, 11) is -2.99. The van der Waals surface area contributed by atoms with Crippen LogP contribution in [0.1, 0.15) is 44.2 Å². The van der Waals surface area contributed by atoms with Crippen molar-refractivity contribution in [3.63, 3.8) is 0 Å². The molecule has 0 bridgehead atoms. The summed E-state index contributed by atoms with van der Waals surface area (Å²) < 4.78 is 24.6. The molecule has 2 rings (SSSR count). The predicted molar refractivity (Wildman–Crippen MR) is 76.7 cm³/mol. The number of hydrogen-bond donors (Lipinski definition) is 1. The van der Waals surface area contributed by atoms with Gasteiger partial charge < -0.3 is 5.32 Å². The van der Waals surface area contributed by atoms with E-state index in [4.69, 9.17) is 0 Å². The van der Waals surface area contributed by atoms with Crippen molar-refractivity contribution in [2.75, 3.05) is 12.3 Å². The second-order valence-electron chi connectivity index (χ2n) is 5.12. The first-order valence-electron chi connectivity index (χ1n) is 7.00. The number of pyridine rings is 1. The molecular formula is C14H22N2O2S. The molecule has 2 unspecified atom stereocenters. The van der Waals surface area contributed by atoms with Gasteiger partial charge in [-0.3, -0.25) is 4.98 Å². The first-order chi connectivity index (χ1) is 9.15. The van der Waals surface area contributed by atoms with E-state index in [1.54, 1.807) is 12.4 Å². The van der Waals surface area contributed by atoms with Crippen LogP contribution in [-0.2, 0) is 9.84 Å². The molecule has 1 aliphatic rings. The minimum atomic E-state index is -2.99. The number of rotatable bonds is 5. The van der Waals surface area contributed by atoms with Gasteiger partial charge >= 0.3 is 0 Å². The van der Waals surface area contributed by atoms with E-state index in [0.717, 1.165) is 37.8 Å². The van der Waals surface area contributed by atoms with E-state index < -0.39 is 9.84 Å². The quantitative estimate of drug-likeness (QED) is 0.898. The maximum Gasteiger partial charge on any atom is 0.155 e. The summed E-state index contributed by atoms with van der Waals surface area (Å²) in [5.74, 6) is 0.322. The third-order valence-electron chi connectivity index (χ3n) is 3.66. The molecule has 4 nitrogen and oxygen atoms in total. The average molecular weight is 282 g/mol. The maximum absolute atomic E-state index is 12.3. The van der Waals surface area contributed by atoms with Crippen LogP contribution in [0.4, 0.5) is 0 Å². The van der Waals surface area contributed by atoms with Gasteiger partial charge in [-0.15, -0.1) is 0 Å². The summed E-state index contributed by atoms with van der Waals surface area (Å²) in [6.45, 7) is 2.91. The van der Waals surface area contributed by atoms with Crippen molar-refractivity contribution in [1.29, 1.82) is 0 Å². The minimum Gasteiger partial charge on any atom is -0.309 e. The molecule has 1 aliphatic heterocycles. The topological polar surface area (TPSA) is 59.1 Å². The Kier molecular flexibility index (Phi) is 4.93. The van der Waals surface area contributed by atoms with E-state index >= 15 is 0 Å². The zero-order chi connectivity index (χ0) is 13.7. The fourth-order valence-corrected chi connectivity index (χ4v) is 4.78. The van der Waals surface area contributed by atoms with E-state index in [9.17, 15) is 8.42 Å².